The smallest absolute Gasteiger partial charge is 0.410 e. The summed E-state index contributed by atoms with van der Waals surface area (Å²) < 4.78 is 66.0. The Morgan fingerprint density at radius 3 is 1.47 bits per heavy atom. The SMILES string of the molecule is CC(C)(C)OC(=O)N1CCN(c2ccc(COS(C)(=O)=O)cc2F)CC1.[C-]#[N+]Cc1ccc(N2CCN(C(=O)OC(C)(C)C)CC2)c(F)c1. The first-order valence-electron chi connectivity index (χ1n) is 15.9. The minimum atomic E-state index is -3.58. The first-order valence-corrected chi connectivity index (χ1v) is 17.8. The van der Waals surface area contributed by atoms with Crippen molar-refractivity contribution >= 4 is 33.7 Å². The van der Waals surface area contributed by atoms with E-state index >= 15 is 0 Å². The fourth-order valence-corrected chi connectivity index (χ4v) is 5.33. The van der Waals surface area contributed by atoms with Crippen molar-refractivity contribution in [2.24, 2.45) is 0 Å². The molecular weight excluding hydrogens is 660 g/mol. The van der Waals surface area contributed by atoms with Crippen molar-refractivity contribution < 1.29 is 40.4 Å². The minimum Gasteiger partial charge on any atom is -0.444 e. The Bertz CT molecular complexity index is 1600. The maximum atomic E-state index is 14.4. The van der Waals surface area contributed by atoms with Gasteiger partial charge in [-0.25, -0.2) is 24.9 Å². The first kappa shape index (κ1) is 39.3. The second kappa shape index (κ2) is 16.5. The monoisotopic (exact) mass is 707 g/mol. The summed E-state index contributed by atoms with van der Waals surface area (Å²) >= 11 is 0. The average molecular weight is 708 g/mol. The normalized spacial score (nSPS) is 15.6. The molecule has 49 heavy (non-hydrogen) atoms. The molecule has 0 unspecified atom stereocenters. The highest BCUT2D eigenvalue weighted by molar-refractivity contribution is 7.85. The number of carbonyl (C=O) groups excluding carboxylic acids is 2. The molecule has 0 N–H and O–H groups in total. The van der Waals surface area contributed by atoms with Crippen molar-refractivity contribution in [3.05, 3.63) is 70.6 Å². The maximum Gasteiger partial charge on any atom is 0.410 e. The molecule has 2 aliphatic heterocycles. The lowest BCUT2D eigenvalue weighted by Crippen LogP contribution is -2.50. The molecule has 0 radical (unpaired) electrons. The standard InChI is InChI=1S/C17H22FN3O2.C17H25FN2O5S/c1-17(2,3)23-16(22)21-9-7-20(8-10-21)15-6-5-13(12-19-4)11-14(15)18;1-17(2,3)25-16(21)20-9-7-19(8-10-20)15-6-5-13(11-14(15)18)12-24-26(4,22)23/h5-6,11H,7-10,12H2,1-3H3;5-6,11H,7-10,12H2,1-4H3. The van der Waals surface area contributed by atoms with Crippen LogP contribution in [0.2, 0.25) is 0 Å². The number of ether oxygens (including phenoxy) is 2. The van der Waals surface area contributed by atoms with Crippen LogP contribution in [0.15, 0.2) is 36.4 Å². The summed E-state index contributed by atoms with van der Waals surface area (Å²) in [6.07, 6.45) is 0.248. The van der Waals surface area contributed by atoms with E-state index in [1.165, 1.54) is 12.1 Å². The van der Waals surface area contributed by atoms with Crippen LogP contribution in [0.4, 0.5) is 29.7 Å². The van der Waals surface area contributed by atoms with Crippen LogP contribution in [0.25, 0.3) is 4.85 Å². The molecule has 2 fully saturated rings. The summed E-state index contributed by atoms with van der Waals surface area (Å²) in [5.74, 6) is -0.776. The first-order chi connectivity index (χ1) is 22.7. The van der Waals surface area contributed by atoms with Gasteiger partial charge in [0.15, 0.2) is 0 Å². The van der Waals surface area contributed by atoms with E-state index in [1.54, 1.807) is 34.1 Å². The van der Waals surface area contributed by atoms with E-state index < -0.39 is 27.1 Å². The van der Waals surface area contributed by atoms with Crippen molar-refractivity contribution in [1.29, 1.82) is 0 Å². The quantitative estimate of drug-likeness (QED) is 0.277. The Morgan fingerprint density at radius 2 is 1.12 bits per heavy atom. The van der Waals surface area contributed by atoms with Gasteiger partial charge in [0, 0.05) is 57.9 Å². The molecule has 0 saturated carbocycles. The van der Waals surface area contributed by atoms with Crippen LogP contribution in [0.3, 0.4) is 0 Å². The van der Waals surface area contributed by atoms with Crippen molar-refractivity contribution in [3.8, 4) is 0 Å². The van der Waals surface area contributed by atoms with Crippen LogP contribution in [-0.2, 0) is 36.9 Å². The fraction of sp³-hybridized carbons (Fsp3) is 0.559. The lowest BCUT2D eigenvalue weighted by molar-refractivity contribution is 0.0230. The number of amides is 2. The van der Waals surface area contributed by atoms with Crippen LogP contribution in [0, 0.1) is 18.2 Å². The van der Waals surface area contributed by atoms with Gasteiger partial charge in [-0.2, -0.15) is 8.42 Å². The number of hydrogen-bond donors (Lipinski definition) is 0. The van der Waals surface area contributed by atoms with Crippen LogP contribution in [-0.4, -0.2) is 100 Å². The van der Waals surface area contributed by atoms with Gasteiger partial charge in [0.25, 0.3) is 10.1 Å². The highest BCUT2D eigenvalue weighted by Gasteiger charge is 2.28. The summed E-state index contributed by atoms with van der Waals surface area (Å²) in [7, 11) is -3.58. The van der Waals surface area contributed by atoms with E-state index in [1.807, 2.05) is 51.3 Å². The molecule has 2 aromatic rings. The van der Waals surface area contributed by atoms with E-state index in [9.17, 15) is 26.8 Å². The van der Waals surface area contributed by atoms with E-state index in [0.29, 0.717) is 74.9 Å². The van der Waals surface area contributed by atoms with Gasteiger partial charge < -0.3 is 33.9 Å². The molecule has 0 atom stereocenters. The molecule has 12 nitrogen and oxygen atoms in total. The van der Waals surface area contributed by atoms with E-state index in [0.717, 1.165) is 6.26 Å². The zero-order chi connectivity index (χ0) is 36.6. The minimum absolute atomic E-state index is 0.184. The third-order valence-electron chi connectivity index (χ3n) is 7.27. The van der Waals surface area contributed by atoms with Gasteiger partial charge in [-0.15, -0.1) is 0 Å². The fourth-order valence-electron chi connectivity index (χ4n) is 4.98. The number of halogens is 2. The summed E-state index contributed by atoms with van der Waals surface area (Å²) in [4.78, 5) is 34.4. The van der Waals surface area contributed by atoms with Gasteiger partial charge >= 0.3 is 12.2 Å². The Kier molecular flexibility index (Phi) is 13.2. The van der Waals surface area contributed by atoms with Crippen molar-refractivity contribution in [2.45, 2.75) is 65.9 Å². The summed E-state index contributed by atoms with van der Waals surface area (Å²) in [5.41, 5.74) is 0.973. The van der Waals surface area contributed by atoms with Crippen LogP contribution in [0.1, 0.15) is 52.7 Å². The Morgan fingerprint density at radius 1 is 0.735 bits per heavy atom. The van der Waals surface area contributed by atoms with Crippen LogP contribution in [0.5, 0.6) is 0 Å². The third kappa shape index (κ3) is 13.0. The molecule has 2 aliphatic rings. The lowest BCUT2D eigenvalue weighted by atomic mass is 10.1. The van der Waals surface area contributed by atoms with Crippen LogP contribution >= 0.6 is 0 Å². The largest absolute Gasteiger partial charge is 0.444 e. The molecule has 0 aromatic heterocycles. The number of carbonyl (C=O) groups is 2. The summed E-state index contributed by atoms with van der Waals surface area (Å²) in [6, 6.07) is 9.38. The summed E-state index contributed by atoms with van der Waals surface area (Å²) in [6.45, 7) is 21.7. The predicted molar refractivity (Wildman–Crippen MR) is 183 cm³/mol. The second-order valence-corrected chi connectivity index (χ2v) is 15.4. The number of benzene rings is 2. The Hall–Kier alpha value is -4.16. The molecular formula is C34H47F2N5O7S. The van der Waals surface area contributed by atoms with Crippen LogP contribution < -0.4 is 9.80 Å². The number of hydrogen-bond acceptors (Lipinski definition) is 9. The molecule has 2 amide bonds. The molecule has 2 heterocycles. The predicted octanol–water partition coefficient (Wildman–Crippen LogP) is 5.66. The van der Waals surface area contributed by atoms with Crippen molar-refractivity contribution in [2.75, 3.05) is 68.4 Å². The molecule has 270 valence electrons. The van der Waals surface area contributed by atoms with Gasteiger partial charge in [-0.05, 0) is 77.4 Å². The lowest BCUT2D eigenvalue weighted by Gasteiger charge is -2.36. The molecule has 0 spiro atoms. The molecule has 2 saturated heterocycles. The van der Waals surface area contributed by atoms with Crippen molar-refractivity contribution in [1.82, 2.24) is 9.80 Å². The van der Waals surface area contributed by atoms with Gasteiger partial charge in [0.05, 0.1) is 24.2 Å². The molecule has 15 heteroatoms. The average Bonchev–Trinajstić information content (AvgIpc) is 2.99. The second-order valence-electron chi connectivity index (χ2n) is 13.8. The van der Waals surface area contributed by atoms with E-state index in [-0.39, 0.29) is 31.2 Å². The molecule has 0 bridgehead atoms. The highest BCUT2D eigenvalue weighted by atomic mass is 32.2. The van der Waals surface area contributed by atoms with Gasteiger partial charge in [-0.1, -0.05) is 6.07 Å². The molecule has 2 aromatic carbocycles. The Balaban J connectivity index is 0.000000267. The van der Waals surface area contributed by atoms with Gasteiger partial charge in [0.1, 0.15) is 22.8 Å². The van der Waals surface area contributed by atoms with Gasteiger partial charge in [0.2, 0.25) is 6.54 Å². The number of anilines is 2. The zero-order valence-electron chi connectivity index (χ0n) is 29.3. The number of rotatable bonds is 6. The van der Waals surface area contributed by atoms with Crippen molar-refractivity contribution in [3.63, 3.8) is 0 Å². The highest BCUT2D eigenvalue weighted by Crippen LogP contribution is 2.25. The Labute approximate surface area is 288 Å². The zero-order valence-corrected chi connectivity index (χ0v) is 30.1. The number of piperazine rings is 2. The topological polar surface area (TPSA) is 113 Å². The van der Waals surface area contributed by atoms with Gasteiger partial charge in [-0.3, -0.25) is 4.18 Å². The molecule has 0 aliphatic carbocycles. The number of nitrogens with zero attached hydrogens (tertiary/aromatic N) is 5. The third-order valence-corrected chi connectivity index (χ3v) is 7.82. The van der Waals surface area contributed by atoms with E-state index in [2.05, 4.69) is 9.03 Å². The summed E-state index contributed by atoms with van der Waals surface area (Å²) in [5, 5.41) is 0. The van der Waals surface area contributed by atoms with E-state index in [4.69, 9.17) is 16.0 Å². The molecule has 4 rings (SSSR count). The maximum absolute atomic E-state index is 14.4.